The van der Waals surface area contributed by atoms with Crippen LogP contribution in [-0.4, -0.2) is 9.97 Å². The van der Waals surface area contributed by atoms with Gasteiger partial charge in [-0.05, 0) is 56.8 Å². The van der Waals surface area contributed by atoms with Crippen molar-refractivity contribution in [3.05, 3.63) is 204 Å². The Morgan fingerprint density at radius 2 is 0.981 bits per heavy atom. The Bertz CT molecular complexity index is 2860. The van der Waals surface area contributed by atoms with Crippen LogP contribution < -0.4 is 4.74 Å². The first-order chi connectivity index (χ1) is 25.8. The Morgan fingerprint density at radius 3 is 1.83 bits per heavy atom. The van der Waals surface area contributed by atoms with E-state index in [0.29, 0.717) is 5.82 Å². The summed E-state index contributed by atoms with van der Waals surface area (Å²) >= 11 is 0. The quantitative estimate of drug-likeness (QED) is 0.189. The van der Waals surface area contributed by atoms with Gasteiger partial charge in [-0.3, -0.25) is 0 Å². The van der Waals surface area contributed by atoms with E-state index in [9.17, 15) is 0 Å². The van der Waals surface area contributed by atoms with Crippen molar-refractivity contribution in [2.75, 3.05) is 0 Å². The second-order valence-corrected chi connectivity index (χ2v) is 13.6. The molecule has 242 valence electrons. The second kappa shape index (κ2) is 11.1. The van der Waals surface area contributed by atoms with E-state index in [1.54, 1.807) is 0 Å². The minimum atomic E-state index is -0.514. The summed E-state index contributed by atoms with van der Waals surface area (Å²) in [5.41, 5.74) is 12.9. The molecule has 0 atom stereocenters. The third-order valence-corrected chi connectivity index (χ3v) is 11.0. The van der Waals surface area contributed by atoms with Crippen molar-refractivity contribution in [2.24, 2.45) is 0 Å². The molecule has 0 amide bonds. The third-order valence-electron chi connectivity index (χ3n) is 11.0. The SMILES string of the molecule is c1cc(-c2nc(-c3cccc4ccccc34)c3ccccc3n2)cc(-c2cccc3c2Oc2ccccc2C32c3ccccc3-c3ccccc32)c1. The molecule has 0 N–H and O–H groups in total. The number of ether oxygens (including phenoxy) is 1. The summed E-state index contributed by atoms with van der Waals surface area (Å²) in [5, 5.41) is 3.39. The van der Waals surface area contributed by atoms with Crippen LogP contribution in [0, 0.1) is 0 Å². The molecule has 0 fully saturated rings. The van der Waals surface area contributed by atoms with E-state index in [0.717, 1.165) is 61.5 Å². The van der Waals surface area contributed by atoms with Crippen LogP contribution in [0.3, 0.4) is 0 Å². The van der Waals surface area contributed by atoms with Crippen molar-refractivity contribution in [1.29, 1.82) is 0 Å². The lowest BCUT2D eigenvalue weighted by molar-refractivity contribution is 0.438. The van der Waals surface area contributed by atoms with E-state index in [1.165, 1.54) is 33.0 Å². The summed E-state index contributed by atoms with van der Waals surface area (Å²) in [4.78, 5) is 10.4. The highest BCUT2D eigenvalue weighted by atomic mass is 16.5. The normalized spacial score (nSPS) is 13.3. The zero-order chi connectivity index (χ0) is 34.2. The minimum absolute atomic E-state index is 0.514. The standard InChI is InChI=1S/C49H30N2O/c1-2-18-34-31(14-1)15-12-23-38(34)46-39-21-5-9-28-44(39)50-48(51-46)33-17-11-16-32(30-33)35-22-13-27-43-47(35)52-45-29-10-8-26-42(45)49(43)40-24-6-3-19-36(40)37-20-4-7-25-41(37)49/h1-30H. The van der Waals surface area contributed by atoms with Crippen molar-refractivity contribution < 1.29 is 4.74 Å². The fourth-order valence-electron chi connectivity index (χ4n) is 8.77. The topological polar surface area (TPSA) is 35.0 Å². The number of benzene rings is 8. The molecule has 1 aliphatic carbocycles. The summed E-state index contributed by atoms with van der Waals surface area (Å²) < 4.78 is 6.97. The zero-order valence-electron chi connectivity index (χ0n) is 28.1. The van der Waals surface area contributed by atoms with Crippen LogP contribution in [0.2, 0.25) is 0 Å². The molecule has 0 saturated heterocycles. The van der Waals surface area contributed by atoms with Gasteiger partial charge in [-0.15, -0.1) is 0 Å². The Balaban J connectivity index is 1.12. The molecule has 0 saturated carbocycles. The van der Waals surface area contributed by atoms with Crippen LogP contribution in [0.15, 0.2) is 182 Å². The van der Waals surface area contributed by atoms with Crippen molar-refractivity contribution in [3.63, 3.8) is 0 Å². The van der Waals surface area contributed by atoms with Crippen molar-refractivity contribution >= 4 is 21.7 Å². The zero-order valence-corrected chi connectivity index (χ0v) is 28.1. The molecule has 2 aliphatic rings. The maximum Gasteiger partial charge on any atom is 0.160 e. The van der Waals surface area contributed by atoms with Gasteiger partial charge in [-0.1, -0.05) is 164 Å². The van der Waals surface area contributed by atoms with Gasteiger partial charge in [0.1, 0.15) is 11.5 Å². The van der Waals surface area contributed by atoms with Crippen LogP contribution in [-0.2, 0) is 5.41 Å². The summed E-state index contributed by atoms with van der Waals surface area (Å²) in [6.45, 7) is 0. The second-order valence-electron chi connectivity index (χ2n) is 13.6. The highest BCUT2D eigenvalue weighted by molar-refractivity contribution is 6.03. The molecular formula is C49H30N2O. The molecule has 3 nitrogen and oxygen atoms in total. The number of hydrogen-bond acceptors (Lipinski definition) is 3. The van der Waals surface area contributed by atoms with E-state index in [1.807, 2.05) is 6.07 Å². The van der Waals surface area contributed by atoms with Crippen molar-refractivity contribution in [3.8, 4) is 56.4 Å². The van der Waals surface area contributed by atoms with E-state index >= 15 is 0 Å². The molecule has 8 aromatic carbocycles. The van der Waals surface area contributed by atoms with Gasteiger partial charge < -0.3 is 4.74 Å². The van der Waals surface area contributed by atoms with Gasteiger partial charge >= 0.3 is 0 Å². The van der Waals surface area contributed by atoms with Gasteiger partial charge in [-0.25, -0.2) is 9.97 Å². The molecule has 9 aromatic rings. The molecule has 1 aromatic heterocycles. The molecule has 52 heavy (non-hydrogen) atoms. The van der Waals surface area contributed by atoms with E-state index in [-0.39, 0.29) is 0 Å². The lowest BCUT2D eigenvalue weighted by atomic mass is 9.65. The predicted octanol–water partition coefficient (Wildman–Crippen LogP) is 12.3. The van der Waals surface area contributed by atoms with Gasteiger partial charge in [0.05, 0.1) is 16.6 Å². The highest BCUT2D eigenvalue weighted by Gasteiger charge is 2.51. The van der Waals surface area contributed by atoms with E-state index in [2.05, 4.69) is 176 Å². The number of rotatable bonds is 3. The molecule has 1 aliphatic heterocycles. The molecule has 11 rings (SSSR count). The summed E-state index contributed by atoms with van der Waals surface area (Å²) in [7, 11) is 0. The van der Waals surface area contributed by atoms with Crippen LogP contribution in [0.1, 0.15) is 22.3 Å². The lowest BCUT2D eigenvalue weighted by Crippen LogP contribution is -2.32. The van der Waals surface area contributed by atoms with E-state index in [4.69, 9.17) is 14.7 Å². The smallest absolute Gasteiger partial charge is 0.160 e. The number of nitrogens with zero attached hydrogens (tertiary/aromatic N) is 2. The van der Waals surface area contributed by atoms with Crippen molar-refractivity contribution in [1.82, 2.24) is 9.97 Å². The molecule has 0 unspecified atom stereocenters. The molecule has 0 bridgehead atoms. The number of fused-ring (bicyclic) bond motifs is 11. The number of hydrogen-bond donors (Lipinski definition) is 0. The molecular weight excluding hydrogens is 633 g/mol. The largest absolute Gasteiger partial charge is 0.456 e. The van der Waals surface area contributed by atoms with Gasteiger partial charge in [0.15, 0.2) is 5.82 Å². The monoisotopic (exact) mass is 662 g/mol. The van der Waals surface area contributed by atoms with Crippen LogP contribution in [0.5, 0.6) is 11.5 Å². The highest BCUT2D eigenvalue weighted by Crippen LogP contribution is 2.63. The average Bonchev–Trinajstić information content (AvgIpc) is 3.51. The lowest BCUT2D eigenvalue weighted by Gasteiger charge is -2.40. The van der Waals surface area contributed by atoms with Gasteiger partial charge in [0, 0.05) is 33.2 Å². The summed E-state index contributed by atoms with van der Waals surface area (Å²) in [6.07, 6.45) is 0. The number of para-hydroxylation sites is 3. The first kappa shape index (κ1) is 28.9. The average molecular weight is 663 g/mol. The first-order valence-electron chi connectivity index (χ1n) is 17.7. The summed E-state index contributed by atoms with van der Waals surface area (Å²) in [6, 6.07) is 64.6. The Hall–Kier alpha value is -6.84. The minimum Gasteiger partial charge on any atom is -0.456 e. The van der Waals surface area contributed by atoms with Gasteiger partial charge in [0.25, 0.3) is 0 Å². The Kier molecular flexibility index (Phi) is 6.17. The predicted molar refractivity (Wildman–Crippen MR) is 211 cm³/mol. The fraction of sp³-hybridized carbons (Fsp3) is 0.0204. The molecule has 1 spiro atoms. The maximum absolute atomic E-state index is 6.97. The Morgan fingerprint density at radius 1 is 0.404 bits per heavy atom. The van der Waals surface area contributed by atoms with Crippen LogP contribution in [0.25, 0.3) is 66.6 Å². The van der Waals surface area contributed by atoms with Crippen molar-refractivity contribution in [2.45, 2.75) is 5.41 Å². The molecule has 0 radical (unpaired) electrons. The van der Waals surface area contributed by atoms with Gasteiger partial charge in [-0.2, -0.15) is 0 Å². The van der Waals surface area contributed by atoms with E-state index < -0.39 is 5.41 Å². The summed E-state index contributed by atoms with van der Waals surface area (Å²) in [5.74, 6) is 2.44. The number of aromatic nitrogens is 2. The maximum atomic E-state index is 6.97. The third kappa shape index (κ3) is 4.02. The van der Waals surface area contributed by atoms with Gasteiger partial charge in [0.2, 0.25) is 0 Å². The molecule has 2 heterocycles. The van der Waals surface area contributed by atoms with Crippen LogP contribution in [0.4, 0.5) is 0 Å². The van der Waals surface area contributed by atoms with Crippen LogP contribution >= 0.6 is 0 Å². The first-order valence-corrected chi connectivity index (χ1v) is 17.7. The molecule has 3 heteroatoms. The Labute approximate surface area is 301 Å². The fourth-order valence-corrected chi connectivity index (χ4v) is 8.77.